The van der Waals surface area contributed by atoms with E-state index >= 15 is 0 Å². The van der Waals surface area contributed by atoms with Crippen LogP contribution in [-0.2, 0) is 17.8 Å². The van der Waals surface area contributed by atoms with E-state index in [0.717, 1.165) is 29.0 Å². The molecule has 0 radical (unpaired) electrons. The van der Waals surface area contributed by atoms with Gasteiger partial charge in [0.05, 0.1) is 24.0 Å². The number of anilines is 1. The van der Waals surface area contributed by atoms with E-state index in [1.54, 1.807) is 12.3 Å². The quantitative estimate of drug-likeness (QED) is 0.747. The van der Waals surface area contributed by atoms with Crippen molar-refractivity contribution in [2.75, 3.05) is 5.32 Å². The van der Waals surface area contributed by atoms with Gasteiger partial charge < -0.3 is 5.32 Å². The zero-order chi connectivity index (χ0) is 18.1. The molecule has 8 heteroatoms. The molecule has 1 aliphatic carbocycles. The van der Waals surface area contributed by atoms with E-state index in [1.807, 2.05) is 17.7 Å². The topological polar surface area (TPSA) is 81.8 Å². The van der Waals surface area contributed by atoms with Gasteiger partial charge in [-0.2, -0.15) is 5.10 Å². The van der Waals surface area contributed by atoms with Gasteiger partial charge in [0.25, 0.3) is 5.56 Å². The van der Waals surface area contributed by atoms with Crippen molar-refractivity contribution in [1.29, 1.82) is 0 Å². The summed E-state index contributed by atoms with van der Waals surface area (Å²) < 4.78 is 3.25. The van der Waals surface area contributed by atoms with Crippen molar-refractivity contribution < 1.29 is 4.79 Å². The third-order valence-electron chi connectivity index (χ3n) is 4.84. The number of carbonyl (C=O) groups is 1. The zero-order valence-electron chi connectivity index (χ0n) is 14.6. The van der Waals surface area contributed by atoms with Crippen LogP contribution in [0.3, 0.4) is 0 Å². The number of nitrogens with zero attached hydrogens (tertiary/aromatic N) is 4. The first kappa shape index (κ1) is 17.0. The van der Waals surface area contributed by atoms with Gasteiger partial charge in [-0.05, 0) is 25.3 Å². The van der Waals surface area contributed by atoms with Gasteiger partial charge in [-0.3, -0.25) is 14.2 Å². The molecule has 0 spiro atoms. The second-order valence-electron chi connectivity index (χ2n) is 6.61. The Morgan fingerprint density at radius 1 is 1.38 bits per heavy atom. The van der Waals surface area contributed by atoms with Crippen LogP contribution in [-0.4, -0.2) is 25.2 Å². The Labute approximate surface area is 154 Å². The SMILES string of the molecule is CCc1cc2c(=O)n(CC(=O)Nc3ccnn3C3CCCC3)cnc2s1. The van der Waals surface area contributed by atoms with Crippen LogP contribution in [0.1, 0.15) is 43.5 Å². The number of fused-ring (bicyclic) bond motifs is 1. The first-order chi connectivity index (χ1) is 12.7. The van der Waals surface area contributed by atoms with Crippen molar-refractivity contribution in [3.8, 4) is 0 Å². The molecule has 1 fully saturated rings. The van der Waals surface area contributed by atoms with Gasteiger partial charge in [0.2, 0.25) is 5.91 Å². The Kier molecular flexibility index (Phi) is 4.58. The van der Waals surface area contributed by atoms with Gasteiger partial charge in [0.15, 0.2) is 0 Å². The summed E-state index contributed by atoms with van der Waals surface area (Å²) in [5.74, 6) is 0.437. The Bertz CT molecular complexity index is 997. The standard InChI is InChI=1S/C18H21N5O2S/c1-2-13-9-14-17(26-13)19-11-22(18(14)25)10-16(24)21-15-7-8-20-23(15)12-5-3-4-6-12/h7-9,11-12H,2-6,10H2,1H3,(H,21,24). The van der Waals surface area contributed by atoms with Crippen LogP contribution >= 0.6 is 11.3 Å². The number of amides is 1. The molecule has 0 aromatic carbocycles. The molecule has 7 nitrogen and oxygen atoms in total. The number of aryl methyl sites for hydroxylation is 1. The maximum Gasteiger partial charge on any atom is 0.262 e. The van der Waals surface area contributed by atoms with Crippen LogP contribution in [0.25, 0.3) is 10.2 Å². The average molecular weight is 371 g/mol. The zero-order valence-corrected chi connectivity index (χ0v) is 15.5. The highest BCUT2D eigenvalue weighted by Gasteiger charge is 2.20. The Balaban J connectivity index is 1.52. The van der Waals surface area contributed by atoms with Crippen LogP contribution < -0.4 is 10.9 Å². The highest BCUT2D eigenvalue weighted by atomic mass is 32.1. The second-order valence-corrected chi connectivity index (χ2v) is 7.73. The van der Waals surface area contributed by atoms with Gasteiger partial charge in [-0.25, -0.2) is 9.67 Å². The number of nitrogens with one attached hydrogen (secondary N) is 1. The van der Waals surface area contributed by atoms with E-state index in [1.165, 1.54) is 35.1 Å². The fourth-order valence-corrected chi connectivity index (χ4v) is 4.41. The molecule has 3 aromatic heterocycles. The first-order valence-corrected chi connectivity index (χ1v) is 9.78. The lowest BCUT2D eigenvalue weighted by Gasteiger charge is -2.14. The molecule has 3 heterocycles. The molecule has 0 atom stereocenters. The summed E-state index contributed by atoms with van der Waals surface area (Å²) in [6.45, 7) is 1.99. The minimum absolute atomic E-state index is 0.0606. The van der Waals surface area contributed by atoms with Gasteiger partial charge in [-0.15, -0.1) is 11.3 Å². The van der Waals surface area contributed by atoms with Crippen LogP contribution in [0, 0.1) is 0 Å². The molecule has 3 aromatic rings. The van der Waals surface area contributed by atoms with Gasteiger partial charge >= 0.3 is 0 Å². The number of rotatable bonds is 5. The molecule has 1 aliphatic rings. The molecule has 1 saturated carbocycles. The normalized spacial score (nSPS) is 15.0. The highest BCUT2D eigenvalue weighted by Crippen LogP contribution is 2.31. The predicted octanol–water partition coefficient (Wildman–Crippen LogP) is 2.97. The molecule has 0 bridgehead atoms. The molecule has 1 N–H and O–H groups in total. The fourth-order valence-electron chi connectivity index (χ4n) is 3.49. The third-order valence-corrected chi connectivity index (χ3v) is 6.03. The maximum absolute atomic E-state index is 12.6. The summed E-state index contributed by atoms with van der Waals surface area (Å²) in [6, 6.07) is 4.02. The minimum atomic E-state index is -0.251. The smallest absolute Gasteiger partial charge is 0.262 e. The second kappa shape index (κ2) is 7.03. The van der Waals surface area contributed by atoms with Crippen LogP contribution in [0.15, 0.2) is 29.5 Å². The Hall–Kier alpha value is -2.48. The lowest BCUT2D eigenvalue weighted by atomic mass is 10.2. The lowest BCUT2D eigenvalue weighted by molar-refractivity contribution is -0.116. The number of carbonyl (C=O) groups excluding carboxylic acids is 1. The van der Waals surface area contributed by atoms with Crippen molar-refractivity contribution >= 4 is 33.3 Å². The van der Waals surface area contributed by atoms with Gasteiger partial charge in [-0.1, -0.05) is 19.8 Å². The average Bonchev–Trinajstić information content (AvgIpc) is 3.36. The van der Waals surface area contributed by atoms with Gasteiger partial charge in [0.1, 0.15) is 17.2 Å². The number of hydrogen-bond donors (Lipinski definition) is 1. The number of aromatic nitrogens is 4. The molecule has 136 valence electrons. The summed E-state index contributed by atoms with van der Waals surface area (Å²) in [5, 5.41) is 7.82. The van der Waals surface area contributed by atoms with Crippen molar-refractivity contribution in [2.24, 2.45) is 0 Å². The number of hydrogen-bond acceptors (Lipinski definition) is 5. The molecular weight excluding hydrogens is 350 g/mol. The molecular formula is C18H21N5O2S. The van der Waals surface area contributed by atoms with E-state index < -0.39 is 0 Å². The molecule has 1 amide bonds. The van der Waals surface area contributed by atoms with Crippen LogP contribution in [0.4, 0.5) is 5.82 Å². The predicted molar refractivity (Wildman–Crippen MR) is 102 cm³/mol. The van der Waals surface area contributed by atoms with E-state index in [0.29, 0.717) is 17.2 Å². The highest BCUT2D eigenvalue weighted by molar-refractivity contribution is 7.18. The molecule has 4 rings (SSSR count). The number of thiophene rings is 1. The van der Waals surface area contributed by atoms with Gasteiger partial charge in [0, 0.05) is 10.9 Å². The largest absolute Gasteiger partial charge is 0.309 e. The fraction of sp³-hybridized carbons (Fsp3) is 0.444. The van der Waals surface area contributed by atoms with Crippen LogP contribution in [0.5, 0.6) is 0 Å². The summed E-state index contributed by atoms with van der Waals surface area (Å²) in [7, 11) is 0. The summed E-state index contributed by atoms with van der Waals surface area (Å²) in [4.78, 5) is 31.2. The monoisotopic (exact) mass is 371 g/mol. The minimum Gasteiger partial charge on any atom is -0.309 e. The van der Waals surface area contributed by atoms with E-state index in [-0.39, 0.29) is 18.0 Å². The first-order valence-electron chi connectivity index (χ1n) is 8.97. The summed E-state index contributed by atoms with van der Waals surface area (Å²) >= 11 is 1.52. The third kappa shape index (κ3) is 3.16. The molecule has 0 saturated heterocycles. The van der Waals surface area contributed by atoms with E-state index in [9.17, 15) is 9.59 Å². The van der Waals surface area contributed by atoms with E-state index in [4.69, 9.17) is 0 Å². The molecule has 26 heavy (non-hydrogen) atoms. The van der Waals surface area contributed by atoms with Crippen molar-refractivity contribution in [3.63, 3.8) is 0 Å². The van der Waals surface area contributed by atoms with Crippen molar-refractivity contribution in [3.05, 3.63) is 39.9 Å². The molecule has 0 aliphatic heterocycles. The maximum atomic E-state index is 12.6. The Morgan fingerprint density at radius 3 is 2.96 bits per heavy atom. The molecule has 0 unspecified atom stereocenters. The Morgan fingerprint density at radius 2 is 2.19 bits per heavy atom. The van der Waals surface area contributed by atoms with E-state index in [2.05, 4.69) is 15.4 Å². The summed E-state index contributed by atoms with van der Waals surface area (Å²) in [6.07, 6.45) is 8.58. The van der Waals surface area contributed by atoms with Crippen molar-refractivity contribution in [1.82, 2.24) is 19.3 Å². The summed E-state index contributed by atoms with van der Waals surface area (Å²) in [5.41, 5.74) is -0.176. The van der Waals surface area contributed by atoms with Crippen LogP contribution in [0.2, 0.25) is 0 Å². The van der Waals surface area contributed by atoms with Crippen molar-refractivity contribution in [2.45, 2.75) is 51.6 Å². The lowest BCUT2D eigenvalue weighted by Crippen LogP contribution is -2.28.